The predicted molar refractivity (Wildman–Crippen MR) is 87.2 cm³/mol. The van der Waals surface area contributed by atoms with Gasteiger partial charge in [0.2, 0.25) is 0 Å². The molecule has 1 aromatic carbocycles. The molecule has 1 fully saturated rings. The van der Waals surface area contributed by atoms with Crippen LogP contribution < -0.4 is 9.47 Å². The van der Waals surface area contributed by atoms with Crippen molar-refractivity contribution in [2.45, 2.75) is 25.8 Å². The molecular formula is C18H19N3O3. The van der Waals surface area contributed by atoms with Crippen LogP contribution in [-0.2, 0) is 0 Å². The molecule has 0 bridgehead atoms. The number of likely N-dealkylation sites (tertiary alicyclic amines) is 1. The molecular weight excluding hydrogens is 306 g/mol. The SMILES string of the molecule is Cc1cnc(C(=O)N2CCC[C@@H]2c2ccc3c(c2)OCCO3)cn1. The summed E-state index contributed by atoms with van der Waals surface area (Å²) in [7, 11) is 0. The Kier molecular flexibility index (Phi) is 3.80. The molecule has 6 nitrogen and oxygen atoms in total. The topological polar surface area (TPSA) is 64.6 Å². The number of hydrogen-bond acceptors (Lipinski definition) is 5. The first kappa shape index (κ1) is 14.9. The molecule has 0 aliphatic carbocycles. The van der Waals surface area contributed by atoms with Crippen LogP contribution in [0.15, 0.2) is 30.6 Å². The summed E-state index contributed by atoms with van der Waals surface area (Å²) in [4.78, 5) is 23.1. The molecule has 124 valence electrons. The van der Waals surface area contributed by atoms with Crippen LogP contribution in [0.1, 0.15) is 40.6 Å². The summed E-state index contributed by atoms with van der Waals surface area (Å²) in [6.07, 6.45) is 5.09. The zero-order valence-corrected chi connectivity index (χ0v) is 13.6. The number of benzene rings is 1. The molecule has 0 saturated carbocycles. The largest absolute Gasteiger partial charge is 0.486 e. The Hall–Kier alpha value is -2.63. The van der Waals surface area contributed by atoms with Gasteiger partial charge in [0.25, 0.3) is 5.91 Å². The van der Waals surface area contributed by atoms with E-state index >= 15 is 0 Å². The van der Waals surface area contributed by atoms with Gasteiger partial charge in [0.05, 0.1) is 17.9 Å². The van der Waals surface area contributed by atoms with Crippen LogP contribution in [0.4, 0.5) is 0 Å². The highest BCUT2D eigenvalue weighted by atomic mass is 16.6. The summed E-state index contributed by atoms with van der Waals surface area (Å²) in [6, 6.07) is 5.98. The van der Waals surface area contributed by atoms with Gasteiger partial charge < -0.3 is 14.4 Å². The van der Waals surface area contributed by atoms with Crippen molar-refractivity contribution in [2.75, 3.05) is 19.8 Å². The number of rotatable bonds is 2. The Labute approximate surface area is 140 Å². The van der Waals surface area contributed by atoms with Crippen molar-refractivity contribution in [1.82, 2.24) is 14.9 Å². The van der Waals surface area contributed by atoms with Gasteiger partial charge in [-0.15, -0.1) is 0 Å². The number of fused-ring (bicyclic) bond motifs is 1. The van der Waals surface area contributed by atoms with E-state index in [4.69, 9.17) is 9.47 Å². The van der Waals surface area contributed by atoms with Crippen LogP contribution in [0.2, 0.25) is 0 Å². The van der Waals surface area contributed by atoms with E-state index < -0.39 is 0 Å². The lowest BCUT2D eigenvalue weighted by Gasteiger charge is -2.26. The van der Waals surface area contributed by atoms with Crippen molar-refractivity contribution in [1.29, 1.82) is 0 Å². The van der Waals surface area contributed by atoms with E-state index in [-0.39, 0.29) is 11.9 Å². The first-order valence-electron chi connectivity index (χ1n) is 8.21. The highest BCUT2D eigenvalue weighted by Crippen LogP contribution is 2.38. The van der Waals surface area contributed by atoms with Crippen molar-refractivity contribution in [2.24, 2.45) is 0 Å². The number of nitrogens with zero attached hydrogens (tertiary/aromatic N) is 3. The predicted octanol–water partition coefficient (Wildman–Crippen LogP) is 2.53. The minimum absolute atomic E-state index is 0.0384. The third-order valence-electron chi connectivity index (χ3n) is 4.46. The smallest absolute Gasteiger partial charge is 0.274 e. The van der Waals surface area contributed by atoms with Gasteiger partial charge in [0, 0.05) is 12.7 Å². The number of hydrogen-bond donors (Lipinski definition) is 0. The van der Waals surface area contributed by atoms with E-state index in [0.29, 0.717) is 18.9 Å². The number of ether oxygens (including phenoxy) is 2. The van der Waals surface area contributed by atoms with Crippen molar-refractivity contribution >= 4 is 5.91 Å². The minimum atomic E-state index is -0.0695. The molecule has 3 heterocycles. The van der Waals surface area contributed by atoms with E-state index in [1.54, 1.807) is 12.4 Å². The standard InChI is InChI=1S/C18H19N3O3/c1-12-10-20-14(11-19-12)18(22)21-6-2-3-15(21)13-4-5-16-17(9-13)24-8-7-23-16/h4-5,9-11,15H,2-3,6-8H2,1H3/t15-/m1/s1. The van der Waals surface area contributed by atoms with Crippen LogP contribution in [0.3, 0.4) is 0 Å². The van der Waals surface area contributed by atoms with Gasteiger partial charge in [-0.3, -0.25) is 9.78 Å². The van der Waals surface area contributed by atoms with Crippen molar-refractivity contribution in [3.05, 3.63) is 47.5 Å². The van der Waals surface area contributed by atoms with Gasteiger partial charge in [0.1, 0.15) is 18.9 Å². The highest BCUT2D eigenvalue weighted by Gasteiger charge is 2.32. The van der Waals surface area contributed by atoms with Gasteiger partial charge in [-0.1, -0.05) is 6.07 Å². The van der Waals surface area contributed by atoms with E-state index in [0.717, 1.165) is 42.1 Å². The van der Waals surface area contributed by atoms with Gasteiger partial charge in [-0.25, -0.2) is 4.98 Å². The molecule has 1 saturated heterocycles. The fourth-order valence-electron chi connectivity index (χ4n) is 3.27. The van der Waals surface area contributed by atoms with Crippen molar-refractivity contribution in [3.63, 3.8) is 0 Å². The first-order chi connectivity index (χ1) is 11.7. The summed E-state index contributed by atoms with van der Waals surface area (Å²) < 4.78 is 11.2. The van der Waals surface area contributed by atoms with Crippen LogP contribution in [0.5, 0.6) is 11.5 Å². The molecule has 24 heavy (non-hydrogen) atoms. The second-order valence-corrected chi connectivity index (χ2v) is 6.10. The number of aryl methyl sites for hydroxylation is 1. The minimum Gasteiger partial charge on any atom is -0.486 e. The third-order valence-corrected chi connectivity index (χ3v) is 4.46. The molecule has 1 atom stereocenters. The zero-order valence-electron chi connectivity index (χ0n) is 13.6. The zero-order chi connectivity index (χ0) is 16.5. The Morgan fingerprint density at radius 2 is 2.00 bits per heavy atom. The summed E-state index contributed by atoms with van der Waals surface area (Å²) in [6.45, 7) is 3.72. The molecule has 0 radical (unpaired) electrons. The Balaban J connectivity index is 1.60. The quantitative estimate of drug-likeness (QED) is 0.849. The monoisotopic (exact) mass is 325 g/mol. The lowest BCUT2D eigenvalue weighted by Crippen LogP contribution is -2.31. The maximum absolute atomic E-state index is 12.8. The van der Waals surface area contributed by atoms with Gasteiger partial charge in [0.15, 0.2) is 11.5 Å². The van der Waals surface area contributed by atoms with Crippen LogP contribution in [-0.4, -0.2) is 40.5 Å². The number of aromatic nitrogens is 2. The number of carbonyl (C=O) groups is 1. The second kappa shape index (κ2) is 6.11. The van der Waals surface area contributed by atoms with Gasteiger partial charge >= 0.3 is 0 Å². The lowest BCUT2D eigenvalue weighted by molar-refractivity contribution is 0.0728. The molecule has 4 rings (SSSR count). The molecule has 1 aromatic heterocycles. The average Bonchev–Trinajstić information content (AvgIpc) is 3.11. The Morgan fingerprint density at radius 1 is 1.17 bits per heavy atom. The Morgan fingerprint density at radius 3 is 2.79 bits per heavy atom. The lowest BCUT2D eigenvalue weighted by atomic mass is 10.0. The number of carbonyl (C=O) groups excluding carboxylic acids is 1. The molecule has 2 aromatic rings. The maximum Gasteiger partial charge on any atom is 0.274 e. The van der Waals surface area contributed by atoms with Crippen LogP contribution >= 0.6 is 0 Å². The molecule has 1 amide bonds. The van der Waals surface area contributed by atoms with Crippen molar-refractivity contribution in [3.8, 4) is 11.5 Å². The van der Waals surface area contributed by atoms with E-state index in [9.17, 15) is 4.79 Å². The van der Waals surface area contributed by atoms with Gasteiger partial charge in [-0.05, 0) is 37.5 Å². The highest BCUT2D eigenvalue weighted by molar-refractivity contribution is 5.92. The number of amides is 1. The molecule has 0 unspecified atom stereocenters. The molecule has 0 spiro atoms. The fourth-order valence-corrected chi connectivity index (χ4v) is 3.27. The molecule has 2 aliphatic heterocycles. The molecule has 0 N–H and O–H groups in total. The van der Waals surface area contributed by atoms with Crippen molar-refractivity contribution < 1.29 is 14.3 Å². The third kappa shape index (κ3) is 2.68. The second-order valence-electron chi connectivity index (χ2n) is 6.10. The van der Waals surface area contributed by atoms with Crippen LogP contribution in [0, 0.1) is 6.92 Å². The average molecular weight is 325 g/mol. The molecule has 2 aliphatic rings. The summed E-state index contributed by atoms with van der Waals surface area (Å²) in [5.41, 5.74) is 2.27. The fraction of sp³-hybridized carbons (Fsp3) is 0.389. The normalized spacial score (nSPS) is 19.4. The van der Waals surface area contributed by atoms with E-state index in [1.165, 1.54) is 0 Å². The maximum atomic E-state index is 12.8. The summed E-state index contributed by atoms with van der Waals surface area (Å²) in [5.74, 6) is 1.46. The van der Waals surface area contributed by atoms with Gasteiger partial charge in [-0.2, -0.15) is 0 Å². The van der Waals surface area contributed by atoms with E-state index in [1.807, 2.05) is 30.0 Å². The molecule has 6 heteroatoms. The van der Waals surface area contributed by atoms with Crippen LogP contribution in [0.25, 0.3) is 0 Å². The first-order valence-corrected chi connectivity index (χ1v) is 8.21. The summed E-state index contributed by atoms with van der Waals surface area (Å²) in [5, 5.41) is 0. The van der Waals surface area contributed by atoms with E-state index in [2.05, 4.69) is 9.97 Å². The Bertz CT molecular complexity index is 761. The summed E-state index contributed by atoms with van der Waals surface area (Å²) >= 11 is 0.